The first-order valence-electron chi connectivity index (χ1n) is 5.77. The first-order valence-corrected chi connectivity index (χ1v) is 6.15. The predicted molar refractivity (Wildman–Crippen MR) is 69.8 cm³/mol. The van der Waals surface area contributed by atoms with Crippen LogP contribution in [0.25, 0.3) is 0 Å². The van der Waals surface area contributed by atoms with Gasteiger partial charge in [-0.15, -0.1) is 0 Å². The molecule has 0 aliphatic heterocycles. The number of rotatable bonds is 5. The highest BCUT2D eigenvalue weighted by atomic mass is 35.5. The minimum atomic E-state index is -1.04. The molecule has 0 heterocycles. The summed E-state index contributed by atoms with van der Waals surface area (Å²) in [4.78, 5) is 22.3. The summed E-state index contributed by atoms with van der Waals surface area (Å²) in [5, 5.41) is 12.9. The predicted octanol–water partition coefficient (Wildman–Crippen LogP) is 2.85. The molecule has 110 valence electrons. The monoisotopic (exact) mass is 306 g/mol. The van der Waals surface area contributed by atoms with Crippen molar-refractivity contribution in [2.75, 3.05) is 11.9 Å². The number of urea groups is 1. The number of carboxylic acid groups (broad SMARTS) is 1. The number of nitrogens with one attached hydrogen (secondary N) is 2. The Labute approximate surface area is 118 Å². The van der Waals surface area contributed by atoms with E-state index in [0.717, 1.165) is 6.07 Å². The molecule has 0 aromatic heterocycles. The van der Waals surface area contributed by atoms with Crippen LogP contribution in [0.2, 0.25) is 5.02 Å². The number of hydrogen-bond acceptors (Lipinski definition) is 2. The topological polar surface area (TPSA) is 78.4 Å². The first kappa shape index (κ1) is 16.2. The van der Waals surface area contributed by atoms with E-state index in [1.807, 2.05) is 0 Å². The van der Waals surface area contributed by atoms with Gasteiger partial charge in [-0.2, -0.15) is 0 Å². The van der Waals surface area contributed by atoms with Gasteiger partial charge in [0.25, 0.3) is 0 Å². The number of hydrogen-bond donors (Lipinski definition) is 3. The summed E-state index contributed by atoms with van der Waals surface area (Å²) in [6.07, 6.45) is 0.335. The van der Waals surface area contributed by atoms with E-state index in [0.29, 0.717) is 12.5 Å². The number of carbonyl (C=O) groups is 2. The molecule has 0 aliphatic rings. The normalized spacial score (nSPS) is 11.8. The molecule has 3 N–H and O–H groups in total. The second-order valence-corrected chi connectivity index (χ2v) is 4.43. The summed E-state index contributed by atoms with van der Waals surface area (Å²) in [6, 6.07) is 0.608. The average molecular weight is 307 g/mol. The Bertz CT molecular complexity index is 502. The van der Waals surface area contributed by atoms with Crippen LogP contribution in [0.4, 0.5) is 19.3 Å². The van der Waals surface area contributed by atoms with E-state index in [9.17, 15) is 18.4 Å². The maximum atomic E-state index is 13.4. The molecular weight excluding hydrogens is 294 g/mol. The molecule has 1 atom stereocenters. The zero-order valence-corrected chi connectivity index (χ0v) is 11.3. The first-order chi connectivity index (χ1) is 9.35. The molecule has 1 aromatic rings. The Kier molecular flexibility index (Phi) is 5.69. The highest BCUT2D eigenvalue weighted by Crippen LogP contribution is 2.26. The summed E-state index contributed by atoms with van der Waals surface area (Å²) in [5.41, 5.74) is -0.367. The van der Waals surface area contributed by atoms with Crippen LogP contribution in [-0.4, -0.2) is 23.7 Å². The Morgan fingerprint density at radius 2 is 2.05 bits per heavy atom. The summed E-state index contributed by atoms with van der Waals surface area (Å²) in [7, 11) is 0. The SMILES string of the molecule is CCC(CNC(=O)Nc1c(F)cc(F)cc1Cl)C(=O)O. The molecule has 0 spiro atoms. The van der Waals surface area contributed by atoms with Gasteiger partial charge >= 0.3 is 12.0 Å². The molecule has 0 radical (unpaired) electrons. The van der Waals surface area contributed by atoms with Crippen LogP contribution in [0.1, 0.15) is 13.3 Å². The van der Waals surface area contributed by atoms with Gasteiger partial charge in [0.2, 0.25) is 0 Å². The van der Waals surface area contributed by atoms with Gasteiger partial charge in [0.05, 0.1) is 16.6 Å². The Balaban J connectivity index is 2.66. The lowest BCUT2D eigenvalue weighted by Gasteiger charge is -2.13. The van der Waals surface area contributed by atoms with Crippen LogP contribution >= 0.6 is 11.6 Å². The number of amides is 2. The largest absolute Gasteiger partial charge is 0.481 e. The summed E-state index contributed by atoms with van der Waals surface area (Å²) in [5.74, 6) is -3.67. The van der Waals surface area contributed by atoms with E-state index in [4.69, 9.17) is 16.7 Å². The number of halogens is 3. The number of carboxylic acids is 1. The van der Waals surface area contributed by atoms with E-state index >= 15 is 0 Å². The number of benzene rings is 1. The van der Waals surface area contributed by atoms with Crippen LogP contribution in [0.3, 0.4) is 0 Å². The van der Waals surface area contributed by atoms with Gasteiger partial charge in [-0.25, -0.2) is 13.6 Å². The molecule has 0 fully saturated rings. The lowest BCUT2D eigenvalue weighted by atomic mass is 10.1. The Morgan fingerprint density at radius 3 is 2.55 bits per heavy atom. The van der Waals surface area contributed by atoms with Crippen LogP contribution in [0, 0.1) is 17.6 Å². The molecule has 0 aliphatic carbocycles. The molecule has 1 rings (SSSR count). The minimum Gasteiger partial charge on any atom is -0.481 e. The van der Waals surface area contributed by atoms with Gasteiger partial charge in [0, 0.05) is 12.6 Å². The highest BCUT2D eigenvalue weighted by molar-refractivity contribution is 6.33. The smallest absolute Gasteiger partial charge is 0.319 e. The fraction of sp³-hybridized carbons (Fsp3) is 0.333. The van der Waals surface area contributed by atoms with Gasteiger partial charge in [0.1, 0.15) is 5.82 Å². The molecule has 5 nitrogen and oxygen atoms in total. The van der Waals surface area contributed by atoms with E-state index in [2.05, 4.69) is 10.6 Å². The fourth-order valence-electron chi connectivity index (χ4n) is 1.44. The van der Waals surface area contributed by atoms with E-state index in [-0.39, 0.29) is 17.3 Å². The van der Waals surface area contributed by atoms with Crippen LogP contribution in [-0.2, 0) is 4.79 Å². The maximum Gasteiger partial charge on any atom is 0.319 e. The molecule has 0 bridgehead atoms. The second-order valence-electron chi connectivity index (χ2n) is 4.02. The Morgan fingerprint density at radius 1 is 1.40 bits per heavy atom. The molecule has 20 heavy (non-hydrogen) atoms. The van der Waals surface area contributed by atoms with Crippen LogP contribution in [0.5, 0.6) is 0 Å². The van der Waals surface area contributed by atoms with Crippen LogP contribution in [0.15, 0.2) is 12.1 Å². The second kappa shape index (κ2) is 7.04. The third-order valence-corrected chi connectivity index (χ3v) is 2.89. The molecule has 0 saturated carbocycles. The molecular formula is C12H13ClF2N2O3. The van der Waals surface area contributed by atoms with Gasteiger partial charge < -0.3 is 15.7 Å². The zero-order chi connectivity index (χ0) is 15.3. The fourth-order valence-corrected chi connectivity index (χ4v) is 1.68. The van der Waals surface area contributed by atoms with E-state index in [1.54, 1.807) is 6.92 Å². The zero-order valence-electron chi connectivity index (χ0n) is 10.5. The lowest BCUT2D eigenvalue weighted by Crippen LogP contribution is -2.35. The highest BCUT2D eigenvalue weighted by Gasteiger charge is 2.17. The standard InChI is InChI=1S/C12H13ClF2N2O3/c1-2-6(11(18)19)5-16-12(20)17-10-8(13)3-7(14)4-9(10)15/h3-4,6H,2,5H2,1H3,(H,18,19)(H2,16,17,20). The van der Waals surface area contributed by atoms with Gasteiger partial charge in [-0.05, 0) is 12.5 Å². The van der Waals surface area contributed by atoms with Crippen molar-refractivity contribution in [1.29, 1.82) is 0 Å². The summed E-state index contributed by atoms with van der Waals surface area (Å²) >= 11 is 5.60. The third kappa shape index (κ3) is 4.34. The van der Waals surface area contributed by atoms with Crippen molar-refractivity contribution in [2.45, 2.75) is 13.3 Å². The minimum absolute atomic E-state index is 0.113. The Hall–Kier alpha value is -1.89. The van der Waals surface area contributed by atoms with Crippen molar-refractivity contribution in [2.24, 2.45) is 5.92 Å². The quantitative estimate of drug-likeness (QED) is 0.782. The van der Waals surface area contributed by atoms with Gasteiger partial charge in [-0.3, -0.25) is 4.79 Å². The van der Waals surface area contributed by atoms with Gasteiger partial charge in [-0.1, -0.05) is 18.5 Å². The number of anilines is 1. The maximum absolute atomic E-state index is 13.4. The summed E-state index contributed by atoms with van der Waals surface area (Å²) < 4.78 is 26.2. The molecule has 1 aromatic carbocycles. The van der Waals surface area contributed by atoms with Crippen molar-refractivity contribution >= 4 is 29.3 Å². The molecule has 8 heteroatoms. The molecule has 0 saturated heterocycles. The van der Waals surface area contributed by atoms with Crippen molar-refractivity contribution in [3.63, 3.8) is 0 Å². The summed E-state index contributed by atoms with van der Waals surface area (Å²) in [6.45, 7) is 1.55. The van der Waals surface area contributed by atoms with Crippen molar-refractivity contribution in [3.05, 3.63) is 28.8 Å². The van der Waals surface area contributed by atoms with Crippen molar-refractivity contribution in [1.82, 2.24) is 5.32 Å². The van der Waals surface area contributed by atoms with Crippen LogP contribution < -0.4 is 10.6 Å². The van der Waals surface area contributed by atoms with Gasteiger partial charge in [0.15, 0.2) is 5.82 Å². The lowest BCUT2D eigenvalue weighted by molar-refractivity contribution is -0.141. The van der Waals surface area contributed by atoms with E-state index < -0.39 is 29.6 Å². The number of aliphatic carboxylic acids is 1. The van der Waals surface area contributed by atoms with Crippen molar-refractivity contribution in [3.8, 4) is 0 Å². The number of carbonyl (C=O) groups excluding carboxylic acids is 1. The molecule has 2 amide bonds. The third-order valence-electron chi connectivity index (χ3n) is 2.60. The average Bonchev–Trinajstić information content (AvgIpc) is 2.34. The molecule has 1 unspecified atom stereocenters. The van der Waals surface area contributed by atoms with E-state index in [1.165, 1.54) is 0 Å². The van der Waals surface area contributed by atoms with Crippen molar-refractivity contribution < 1.29 is 23.5 Å².